The highest BCUT2D eigenvalue weighted by Gasteiger charge is 2.35. The average molecular weight is 364 g/mol. The molecule has 2 fully saturated rings. The molecule has 0 aromatic rings. The van der Waals surface area contributed by atoms with Crippen LogP contribution in [0.5, 0.6) is 0 Å². The van der Waals surface area contributed by atoms with Crippen molar-refractivity contribution in [3.05, 3.63) is 0 Å². The molecule has 2 aliphatic rings. The average Bonchev–Trinajstić information content (AvgIpc) is 2.41. The van der Waals surface area contributed by atoms with Crippen LogP contribution >= 0.6 is 22.6 Å². The van der Waals surface area contributed by atoms with Gasteiger partial charge in [0, 0.05) is 3.92 Å². The molecule has 18 heavy (non-hydrogen) atoms. The molecule has 0 aliphatic heterocycles. The largest absolute Gasteiger partial charge is 0.374 e. The fourth-order valence-electron chi connectivity index (χ4n) is 3.99. The normalized spacial score (nSPS) is 41.3. The first-order chi connectivity index (χ1) is 8.46. The third-order valence-electron chi connectivity index (χ3n) is 4.59. The van der Waals surface area contributed by atoms with Crippen molar-refractivity contribution in [2.45, 2.75) is 88.3 Å². The van der Waals surface area contributed by atoms with Gasteiger partial charge >= 0.3 is 0 Å². The standard InChI is InChI=1S/C16H29IO/c1-12-9-13(11-16(2,3)10-12)18-15-8-6-4-5-7-14(15)17/h12-15H,4-11H2,1-3H3. The Morgan fingerprint density at radius 1 is 1.06 bits per heavy atom. The second kappa shape index (κ2) is 6.43. The maximum absolute atomic E-state index is 6.52. The first kappa shape index (κ1) is 15.1. The van der Waals surface area contributed by atoms with Crippen molar-refractivity contribution in [3.8, 4) is 0 Å². The fraction of sp³-hybridized carbons (Fsp3) is 1.00. The lowest BCUT2D eigenvalue weighted by Crippen LogP contribution is -2.37. The lowest BCUT2D eigenvalue weighted by Gasteiger charge is -2.40. The van der Waals surface area contributed by atoms with E-state index in [0.717, 1.165) is 9.84 Å². The monoisotopic (exact) mass is 364 g/mol. The molecular weight excluding hydrogens is 335 g/mol. The summed E-state index contributed by atoms with van der Waals surface area (Å²) in [6.45, 7) is 7.22. The number of halogens is 1. The number of hydrogen-bond donors (Lipinski definition) is 0. The van der Waals surface area contributed by atoms with E-state index in [-0.39, 0.29) is 0 Å². The second-order valence-corrected chi connectivity index (χ2v) is 8.96. The van der Waals surface area contributed by atoms with E-state index >= 15 is 0 Å². The summed E-state index contributed by atoms with van der Waals surface area (Å²) in [5, 5.41) is 0. The van der Waals surface area contributed by atoms with Gasteiger partial charge in [0.15, 0.2) is 0 Å². The van der Waals surface area contributed by atoms with Gasteiger partial charge in [0.1, 0.15) is 0 Å². The summed E-state index contributed by atoms with van der Waals surface area (Å²) in [4.78, 5) is 0. The first-order valence-electron chi connectivity index (χ1n) is 7.76. The van der Waals surface area contributed by atoms with Crippen LogP contribution in [0.4, 0.5) is 0 Å². The van der Waals surface area contributed by atoms with E-state index in [1.54, 1.807) is 0 Å². The van der Waals surface area contributed by atoms with E-state index in [0.29, 0.717) is 17.6 Å². The SMILES string of the molecule is CC1CC(OC2CCCCCC2I)CC(C)(C)C1. The van der Waals surface area contributed by atoms with E-state index in [1.165, 1.54) is 51.4 Å². The molecule has 0 aromatic heterocycles. The number of rotatable bonds is 2. The molecule has 1 nitrogen and oxygen atoms in total. The Kier molecular flexibility index (Phi) is 5.39. The van der Waals surface area contributed by atoms with Crippen molar-refractivity contribution in [2.24, 2.45) is 11.3 Å². The van der Waals surface area contributed by atoms with Gasteiger partial charge in [0.05, 0.1) is 12.2 Å². The van der Waals surface area contributed by atoms with Gasteiger partial charge in [-0.3, -0.25) is 0 Å². The van der Waals surface area contributed by atoms with Gasteiger partial charge in [-0.2, -0.15) is 0 Å². The molecule has 0 saturated heterocycles. The smallest absolute Gasteiger partial charge is 0.0696 e. The van der Waals surface area contributed by atoms with Crippen LogP contribution in [0.15, 0.2) is 0 Å². The predicted octanol–water partition coefficient (Wildman–Crippen LogP) is 5.35. The Morgan fingerprint density at radius 3 is 2.50 bits per heavy atom. The highest BCUT2D eigenvalue weighted by molar-refractivity contribution is 14.1. The van der Waals surface area contributed by atoms with Gasteiger partial charge < -0.3 is 4.74 Å². The van der Waals surface area contributed by atoms with Crippen molar-refractivity contribution in [3.63, 3.8) is 0 Å². The van der Waals surface area contributed by atoms with Crippen LogP contribution in [0, 0.1) is 11.3 Å². The summed E-state index contributed by atoms with van der Waals surface area (Å²) >= 11 is 2.63. The van der Waals surface area contributed by atoms with Gasteiger partial charge in [0.25, 0.3) is 0 Å². The van der Waals surface area contributed by atoms with Crippen molar-refractivity contribution >= 4 is 22.6 Å². The summed E-state index contributed by atoms with van der Waals surface area (Å²) < 4.78 is 7.26. The third-order valence-corrected chi connectivity index (χ3v) is 6.01. The van der Waals surface area contributed by atoms with Crippen LogP contribution in [-0.2, 0) is 4.74 Å². The molecule has 0 bridgehead atoms. The quantitative estimate of drug-likeness (QED) is 0.364. The molecule has 4 unspecified atom stereocenters. The van der Waals surface area contributed by atoms with E-state index in [2.05, 4.69) is 43.4 Å². The Balaban J connectivity index is 1.91. The molecule has 0 N–H and O–H groups in total. The molecule has 2 rings (SSSR count). The Morgan fingerprint density at radius 2 is 1.78 bits per heavy atom. The van der Waals surface area contributed by atoms with Crippen molar-refractivity contribution in [2.75, 3.05) is 0 Å². The minimum atomic E-state index is 0.480. The zero-order chi connectivity index (χ0) is 13.2. The molecule has 0 aromatic carbocycles. The molecule has 0 radical (unpaired) electrons. The molecule has 2 heteroatoms. The number of alkyl halides is 1. The minimum absolute atomic E-state index is 0.480. The van der Waals surface area contributed by atoms with Gasteiger partial charge in [-0.15, -0.1) is 0 Å². The van der Waals surface area contributed by atoms with Crippen LogP contribution in [0.25, 0.3) is 0 Å². The van der Waals surface area contributed by atoms with E-state index in [1.807, 2.05) is 0 Å². The molecule has 2 aliphatic carbocycles. The van der Waals surface area contributed by atoms with Crippen LogP contribution in [-0.4, -0.2) is 16.1 Å². The Hall–Kier alpha value is 0.690. The predicted molar refractivity (Wildman–Crippen MR) is 86.4 cm³/mol. The van der Waals surface area contributed by atoms with Gasteiger partial charge in [-0.05, 0) is 43.4 Å². The zero-order valence-corrected chi connectivity index (χ0v) is 14.4. The fourth-order valence-corrected chi connectivity index (χ4v) is 4.96. The topological polar surface area (TPSA) is 9.23 Å². The molecular formula is C16H29IO. The number of hydrogen-bond acceptors (Lipinski definition) is 1. The summed E-state index contributed by atoms with van der Waals surface area (Å²) in [6.07, 6.45) is 11.8. The molecule has 2 saturated carbocycles. The Labute approximate surface area is 127 Å². The van der Waals surface area contributed by atoms with Crippen LogP contribution in [0.1, 0.15) is 72.1 Å². The van der Waals surface area contributed by atoms with Crippen molar-refractivity contribution < 1.29 is 4.74 Å². The zero-order valence-electron chi connectivity index (χ0n) is 12.3. The molecule has 0 heterocycles. The maximum Gasteiger partial charge on any atom is 0.0696 e. The van der Waals surface area contributed by atoms with Crippen molar-refractivity contribution in [1.29, 1.82) is 0 Å². The highest BCUT2D eigenvalue weighted by Crippen LogP contribution is 2.41. The molecule has 4 atom stereocenters. The van der Waals surface area contributed by atoms with Crippen LogP contribution in [0.2, 0.25) is 0 Å². The molecule has 0 spiro atoms. The number of ether oxygens (including phenoxy) is 1. The highest BCUT2D eigenvalue weighted by atomic mass is 127. The molecule has 106 valence electrons. The third kappa shape index (κ3) is 4.36. The van der Waals surface area contributed by atoms with E-state index < -0.39 is 0 Å². The summed E-state index contributed by atoms with van der Waals surface area (Å²) in [5.74, 6) is 0.831. The summed E-state index contributed by atoms with van der Waals surface area (Å²) in [5.41, 5.74) is 0.480. The molecule has 0 amide bonds. The Bertz CT molecular complexity index is 264. The maximum atomic E-state index is 6.52. The van der Waals surface area contributed by atoms with Gasteiger partial charge in [0.2, 0.25) is 0 Å². The minimum Gasteiger partial charge on any atom is -0.374 e. The van der Waals surface area contributed by atoms with E-state index in [9.17, 15) is 0 Å². The first-order valence-corrected chi connectivity index (χ1v) is 9.00. The van der Waals surface area contributed by atoms with Crippen molar-refractivity contribution in [1.82, 2.24) is 0 Å². The van der Waals surface area contributed by atoms with Crippen LogP contribution in [0.3, 0.4) is 0 Å². The lowest BCUT2D eigenvalue weighted by atomic mass is 9.71. The summed E-state index contributed by atoms with van der Waals surface area (Å²) in [7, 11) is 0. The van der Waals surface area contributed by atoms with Gasteiger partial charge in [-0.25, -0.2) is 0 Å². The van der Waals surface area contributed by atoms with Crippen LogP contribution < -0.4 is 0 Å². The lowest BCUT2D eigenvalue weighted by molar-refractivity contribution is -0.0659. The summed E-state index contributed by atoms with van der Waals surface area (Å²) in [6, 6.07) is 0. The van der Waals surface area contributed by atoms with Gasteiger partial charge in [-0.1, -0.05) is 62.6 Å². The second-order valence-electron chi connectivity index (χ2n) is 7.36. The van der Waals surface area contributed by atoms with E-state index in [4.69, 9.17) is 4.74 Å².